The molecule has 0 bridgehead atoms. The summed E-state index contributed by atoms with van der Waals surface area (Å²) in [7, 11) is 0. The molecule has 2 heterocycles. The molecule has 1 atom stereocenters. The van der Waals surface area contributed by atoms with Crippen LogP contribution in [0.15, 0.2) is 35.1 Å². The summed E-state index contributed by atoms with van der Waals surface area (Å²) in [6, 6.07) is 2.11. The second-order valence-corrected chi connectivity index (χ2v) is 3.67. The Hall–Kier alpha value is -0.860. The smallest absolute Gasteiger partial charge is 0.0946 e. The van der Waals surface area contributed by atoms with Gasteiger partial charge in [0.15, 0.2) is 0 Å². The first kappa shape index (κ1) is 8.73. The van der Waals surface area contributed by atoms with E-state index in [2.05, 4.69) is 35.1 Å². The van der Waals surface area contributed by atoms with Crippen LogP contribution in [0.2, 0.25) is 0 Å². The lowest BCUT2D eigenvalue weighted by atomic mass is 10.1. The van der Waals surface area contributed by atoms with E-state index in [-0.39, 0.29) is 0 Å². The third-order valence-electron chi connectivity index (χ3n) is 1.86. The van der Waals surface area contributed by atoms with Crippen LogP contribution in [0.25, 0.3) is 6.08 Å². The van der Waals surface area contributed by atoms with Gasteiger partial charge in [-0.2, -0.15) is 11.3 Å². The van der Waals surface area contributed by atoms with Crippen LogP contribution in [0.3, 0.4) is 0 Å². The van der Waals surface area contributed by atoms with Crippen molar-refractivity contribution in [3.05, 3.63) is 47.2 Å². The minimum Gasteiger partial charge on any atom is -0.370 e. The van der Waals surface area contributed by atoms with E-state index in [0.29, 0.717) is 12.5 Å². The fraction of sp³-hybridized carbons (Fsp3) is 0.182. The summed E-state index contributed by atoms with van der Waals surface area (Å²) in [5.74, 6) is 0.327. The molecular formula is C11H11OS. The molecule has 0 N–H and O–H groups in total. The van der Waals surface area contributed by atoms with Crippen molar-refractivity contribution in [3.63, 3.8) is 0 Å². The maximum absolute atomic E-state index is 5.19. The molecule has 0 fully saturated rings. The maximum Gasteiger partial charge on any atom is 0.0946 e. The first-order valence-corrected chi connectivity index (χ1v) is 5.21. The summed E-state index contributed by atoms with van der Waals surface area (Å²) < 4.78 is 5.19. The van der Waals surface area contributed by atoms with Gasteiger partial charge in [-0.15, -0.1) is 0 Å². The van der Waals surface area contributed by atoms with Gasteiger partial charge >= 0.3 is 0 Å². The highest BCUT2D eigenvalue weighted by Gasteiger charge is 2.04. The number of rotatable bonds is 2. The number of thiophene rings is 1. The van der Waals surface area contributed by atoms with Crippen molar-refractivity contribution in [2.45, 2.75) is 0 Å². The molecule has 0 saturated heterocycles. The lowest BCUT2D eigenvalue weighted by Gasteiger charge is -2.11. The van der Waals surface area contributed by atoms with Crippen molar-refractivity contribution in [1.29, 1.82) is 0 Å². The highest BCUT2D eigenvalue weighted by molar-refractivity contribution is 7.08. The zero-order valence-electron chi connectivity index (χ0n) is 7.22. The molecule has 0 amide bonds. The first-order chi connectivity index (χ1) is 6.45. The second kappa shape index (κ2) is 4.40. The average Bonchev–Trinajstić information content (AvgIpc) is 2.69. The summed E-state index contributed by atoms with van der Waals surface area (Å²) >= 11 is 1.72. The van der Waals surface area contributed by atoms with Gasteiger partial charge in [-0.05, 0) is 22.4 Å². The SMILES string of the molecule is [CH]1OCC=CC1C=Cc1ccsc1. The van der Waals surface area contributed by atoms with Crippen LogP contribution in [-0.2, 0) is 4.74 Å². The fourth-order valence-electron chi connectivity index (χ4n) is 1.18. The molecule has 1 aromatic rings. The highest BCUT2D eigenvalue weighted by atomic mass is 32.1. The minimum atomic E-state index is 0.327. The highest BCUT2D eigenvalue weighted by Crippen LogP contribution is 2.15. The van der Waals surface area contributed by atoms with E-state index in [9.17, 15) is 0 Å². The van der Waals surface area contributed by atoms with E-state index in [1.54, 1.807) is 11.3 Å². The molecule has 0 saturated carbocycles. The van der Waals surface area contributed by atoms with Gasteiger partial charge in [-0.1, -0.05) is 24.3 Å². The van der Waals surface area contributed by atoms with Crippen LogP contribution < -0.4 is 0 Å². The number of ether oxygens (including phenoxy) is 1. The number of hydrogen-bond donors (Lipinski definition) is 0. The van der Waals surface area contributed by atoms with Crippen molar-refractivity contribution in [3.8, 4) is 0 Å². The topological polar surface area (TPSA) is 9.23 Å². The van der Waals surface area contributed by atoms with Crippen LogP contribution in [0, 0.1) is 12.5 Å². The van der Waals surface area contributed by atoms with Gasteiger partial charge in [0.25, 0.3) is 0 Å². The molecule has 1 aliphatic heterocycles. The monoisotopic (exact) mass is 191 g/mol. The average molecular weight is 191 g/mol. The molecule has 2 heteroatoms. The molecule has 2 rings (SSSR count). The Balaban J connectivity index is 1.97. The first-order valence-electron chi connectivity index (χ1n) is 4.27. The molecule has 0 aliphatic carbocycles. The van der Waals surface area contributed by atoms with Crippen molar-refractivity contribution in [1.82, 2.24) is 0 Å². The summed E-state index contributed by atoms with van der Waals surface area (Å²) in [6.07, 6.45) is 8.45. The lowest BCUT2D eigenvalue weighted by Crippen LogP contribution is -2.03. The Morgan fingerprint density at radius 2 is 2.54 bits per heavy atom. The Morgan fingerprint density at radius 1 is 1.54 bits per heavy atom. The standard InChI is InChI=1S/C11H11OS/c1-2-10(8-12-6-1)3-4-11-5-7-13-9-11/h1-5,7-10H,6H2. The van der Waals surface area contributed by atoms with Gasteiger partial charge in [-0.25, -0.2) is 0 Å². The molecule has 67 valence electrons. The molecule has 1 aliphatic rings. The van der Waals surface area contributed by atoms with Crippen LogP contribution in [0.5, 0.6) is 0 Å². The Bertz CT molecular complexity index is 298. The largest absolute Gasteiger partial charge is 0.370 e. The Labute approximate surface area is 82.4 Å². The summed E-state index contributed by atoms with van der Waals surface area (Å²) in [5, 5.41) is 4.21. The summed E-state index contributed by atoms with van der Waals surface area (Å²) in [6.45, 7) is 2.58. The molecule has 1 aromatic heterocycles. The van der Waals surface area contributed by atoms with Gasteiger partial charge in [0.2, 0.25) is 0 Å². The normalized spacial score (nSPS) is 22.6. The lowest BCUT2D eigenvalue weighted by molar-refractivity contribution is 0.206. The summed E-state index contributed by atoms with van der Waals surface area (Å²) in [4.78, 5) is 0. The van der Waals surface area contributed by atoms with Crippen LogP contribution >= 0.6 is 11.3 Å². The third kappa shape index (κ3) is 2.54. The van der Waals surface area contributed by atoms with Crippen LogP contribution in [0.4, 0.5) is 0 Å². The quantitative estimate of drug-likeness (QED) is 0.653. The molecule has 0 spiro atoms. The van der Waals surface area contributed by atoms with E-state index in [1.807, 2.05) is 12.7 Å². The second-order valence-electron chi connectivity index (χ2n) is 2.89. The Kier molecular flexibility index (Phi) is 2.95. The summed E-state index contributed by atoms with van der Waals surface area (Å²) in [5.41, 5.74) is 1.26. The predicted molar refractivity (Wildman–Crippen MR) is 56.2 cm³/mol. The van der Waals surface area contributed by atoms with E-state index in [0.717, 1.165) is 0 Å². The van der Waals surface area contributed by atoms with E-state index >= 15 is 0 Å². The van der Waals surface area contributed by atoms with Crippen LogP contribution in [-0.4, -0.2) is 6.61 Å². The Morgan fingerprint density at radius 3 is 3.23 bits per heavy atom. The molecule has 1 radical (unpaired) electrons. The van der Waals surface area contributed by atoms with E-state index in [1.165, 1.54) is 5.56 Å². The fourth-order valence-corrected chi connectivity index (χ4v) is 1.81. The zero-order valence-corrected chi connectivity index (χ0v) is 8.04. The molecule has 13 heavy (non-hydrogen) atoms. The van der Waals surface area contributed by atoms with Crippen molar-refractivity contribution in [2.24, 2.45) is 5.92 Å². The van der Waals surface area contributed by atoms with Crippen LogP contribution in [0.1, 0.15) is 5.56 Å². The molecule has 0 aromatic carbocycles. The van der Waals surface area contributed by atoms with E-state index < -0.39 is 0 Å². The minimum absolute atomic E-state index is 0.327. The zero-order chi connectivity index (χ0) is 8.93. The van der Waals surface area contributed by atoms with Gasteiger partial charge in [-0.3, -0.25) is 0 Å². The van der Waals surface area contributed by atoms with Gasteiger partial charge in [0, 0.05) is 5.92 Å². The van der Waals surface area contributed by atoms with Crippen molar-refractivity contribution < 1.29 is 4.74 Å². The van der Waals surface area contributed by atoms with E-state index in [4.69, 9.17) is 4.74 Å². The van der Waals surface area contributed by atoms with Gasteiger partial charge < -0.3 is 4.74 Å². The van der Waals surface area contributed by atoms with Crippen molar-refractivity contribution in [2.75, 3.05) is 6.61 Å². The molecular weight excluding hydrogens is 180 g/mol. The molecule has 1 nitrogen and oxygen atoms in total. The van der Waals surface area contributed by atoms with Gasteiger partial charge in [0.05, 0.1) is 13.2 Å². The third-order valence-corrected chi connectivity index (χ3v) is 2.56. The molecule has 1 unspecified atom stereocenters. The predicted octanol–water partition coefficient (Wildman–Crippen LogP) is 3.13. The van der Waals surface area contributed by atoms with Crippen molar-refractivity contribution >= 4 is 17.4 Å². The maximum atomic E-state index is 5.19. The number of hydrogen-bond acceptors (Lipinski definition) is 2. The van der Waals surface area contributed by atoms with Gasteiger partial charge in [0.1, 0.15) is 0 Å².